The summed E-state index contributed by atoms with van der Waals surface area (Å²) < 4.78 is 43.2. The van der Waals surface area contributed by atoms with E-state index >= 15 is 0 Å². The van der Waals surface area contributed by atoms with Gasteiger partial charge in [-0.15, -0.1) is 0 Å². The molecule has 0 aromatic rings. The standard InChI is InChI=1S/C14H25F3N2O2/c1-3-21-9-5-8-19(11-14(15,16)17)12(20)13(2)6-4-7-18-10-13/h18H,3-11H2,1-2H3. The van der Waals surface area contributed by atoms with Gasteiger partial charge in [0.25, 0.3) is 0 Å². The molecule has 0 spiro atoms. The molecule has 1 heterocycles. The molecule has 1 fully saturated rings. The highest BCUT2D eigenvalue weighted by molar-refractivity contribution is 5.82. The van der Waals surface area contributed by atoms with Crippen LogP contribution >= 0.6 is 0 Å². The molecule has 0 aliphatic carbocycles. The number of piperidine rings is 1. The Labute approximate surface area is 124 Å². The van der Waals surface area contributed by atoms with E-state index in [9.17, 15) is 18.0 Å². The van der Waals surface area contributed by atoms with Crippen molar-refractivity contribution in [1.29, 1.82) is 0 Å². The van der Waals surface area contributed by atoms with E-state index in [1.54, 1.807) is 6.92 Å². The number of nitrogens with zero attached hydrogens (tertiary/aromatic N) is 1. The lowest BCUT2D eigenvalue weighted by Gasteiger charge is -2.37. The van der Waals surface area contributed by atoms with Gasteiger partial charge in [0.15, 0.2) is 0 Å². The number of carbonyl (C=O) groups is 1. The molecule has 1 unspecified atom stereocenters. The Bertz CT molecular complexity index is 329. The lowest BCUT2D eigenvalue weighted by Crippen LogP contribution is -2.52. The summed E-state index contributed by atoms with van der Waals surface area (Å²) in [6.07, 6.45) is -2.53. The maximum atomic E-state index is 12.7. The maximum Gasteiger partial charge on any atom is 0.406 e. The maximum absolute atomic E-state index is 12.7. The zero-order valence-electron chi connectivity index (χ0n) is 12.8. The lowest BCUT2D eigenvalue weighted by atomic mass is 9.81. The van der Waals surface area contributed by atoms with E-state index in [-0.39, 0.29) is 6.54 Å². The van der Waals surface area contributed by atoms with Gasteiger partial charge in [-0.25, -0.2) is 0 Å². The van der Waals surface area contributed by atoms with Crippen molar-refractivity contribution >= 4 is 5.91 Å². The van der Waals surface area contributed by atoms with Crippen LogP contribution in [0.1, 0.15) is 33.1 Å². The number of rotatable bonds is 7. The van der Waals surface area contributed by atoms with Crippen molar-refractivity contribution in [2.24, 2.45) is 5.41 Å². The van der Waals surface area contributed by atoms with Crippen LogP contribution in [0.4, 0.5) is 13.2 Å². The smallest absolute Gasteiger partial charge is 0.382 e. The van der Waals surface area contributed by atoms with Crippen LogP contribution in [0.25, 0.3) is 0 Å². The summed E-state index contributed by atoms with van der Waals surface area (Å²) in [5, 5.41) is 3.10. The molecule has 4 nitrogen and oxygen atoms in total. The van der Waals surface area contributed by atoms with E-state index in [1.165, 1.54) is 0 Å². The third-order valence-corrected chi connectivity index (χ3v) is 3.69. The number of amides is 1. The van der Waals surface area contributed by atoms with Crippen LogP contribution in [0, 0.1) is 5.41 Å². The van der Waals surface area contributed by atoms with Crippen molar-refractivity contribution in [1.82, 2.24) is 10.2 Å². The fourth-order valence-electron chi connectivity index (χ4n) is 2.59. The molecule has 1 aliphatic rings. The van der Waals surface area contributed by atoms with E-state index < -0.39 is 24.0 Å². The van der Waals surface area contributed by atoms with Crippen molar-refractivity contribution in [3.05, 3.63) is 0 Å². The first-order chi connectivity index (χ1) is 9.78. The minimum Gasteiger partial charge on any atom is -0.382 e. The van der Waals surface area contributed by atoms with Gasteiger partial charge in [0.2, 0.25) is 5.91 Å². The number of nitrogens with one attached hydrogen (secondary N) is 1. The number of hydrogen-bond donors (Lipinski definition) is 1. The SMILES string of the molecule is CCOCCCN(CC(F)(F)F)C(=O)C1(C)CCCNC1. The summed E-state index contributed by atoms with van der Waals surface area (Å²) in [5.74, 6) is -0.413. The molecule has 1 N–H and O–H groups in total. The van der Waals surface area contributed by atoms with Gasteiger partial charge in [-0.3, -0.25) is 4.79 Å². The molecule has 0 aromatic carbocycles. The van der Waals surface area contributed by atoms with Crippen LogP contribution in [0.5, 0.6) is 0 Å². The first kappa shape index (κ1) is 18.2. The van der Waals surface area contributed by atoms with E-state index in [4.69, 9.17) is 4.74 Å². The Kier molecular flexibility index (Phi) is 6.93. The van der Waals surface area contributed by atoms with Gasteiger partial charge in [-0.2, -0.15) is 13.2 Å². The fraction of sp³-hybridized carbons (Fsp3) is 0.929. The van der Waals surface area contributed by atoms with Crippen molar-refractivity contribution in [3.63, 3.8) is 0 Å². The summed E-state index contributed by atoms with van der Waals surface area (Å²) in [6, 6.07) is 0. The predicted octanol–water partition coefficient (Wildman–Crippen LogP) is 2.19. The van der Waals surface area contributed by atoms with Crippen molar-refractivity contribution in [2.75, 3.05) is 39.4 Å². The topological polar surface area (TPSA) is 41.6 Å². The third kappa shape index (κ3) is 6.22. The van der Waals surface area contributed by atoms with Crippen LogP contribution in [-0.2, 0) is 9.53 Å². The Morgan fingerprint density at radius 2 is 2.14 bits per heavy atom. The molecule has 1 amide bonds. The summed E-state index contributed by atoms with van der Waals surface area (Å²) >= 11 is 0. The van der Waals surface area contributed by atoms with Crippen LogP contribution in [0.15, 0.2) is 0 Å². The fourth-order valence-corrected chi connectivity index (χ4v) is 2.59. The zero-order chi connectivity index (χ0) is 15.9. The summed E-state index contributed by atoms with van der Waals surface area (Å²) in [5.41, 5.74) is -0.741. The normalized spacial score (nSPS) is 23.1. The third-order valence-electron chi connectivity index (χ3n) is 3.69. The van der Waals surface area contributed by atoms with Gasteiger partial charge in [0.1, 0.15) is 6.54 Å². The average molecular weight is 310 g/mol. The van der Waals surface area contributed by atoms with Crippen LogP contribution in [0.3, 0.4) is 0 Å². The van der Waals surface area contributed by atoms with Crippen molar-refractivity contribution < 1.29 is 22.7 Å². The molecular weight excluding hydrogens is 285 g/mol. The number of alkyl halides is 3. The Hall–Kier alpha value is -0.820. The van der Waals surface area contributed by atoms with Gasteiger partial charge < -0.3 is 15.0 Å². The molecule has 0 radical (unpaired) electrons. The monoisotopic (exact) mass is 310 g/mol. The molecule has 21 heavy (non-hydrogen) atoms. The average Bonchev–Trinajstić information content (AvgIpc) is 2.41. The Morgan fingerprint density at radius 3 is 2.67 bits per heavy atom. The zero-order valence-corrected chi connectivity index (χ0v) is 12.8. The second kappa shape index (κ2) is 7.98. The lowest BCUT2D eigenvalue weighted by molar-refractivity contribution is -0.168. The summed E-state index contributed by atoms with van der Waals surface area (Å²) in [6.45, 7) is 4.60. The molecule has 1 aliphatic heterocycles. The Balaban J connectivity index is 2.66. The first-order valence-corrected chi connectivity index (χ1v) is 7.43. The van der Waals surface area contributed by atoms with Gasteiger partial charge in [0, 0.05) is 26.3 Å². The van der Waals surface area contributed by atoms with Crippen molar-refractivity contribution in [3.8, 4) is 0 Å². The van der Waals surface area contributed by atoms with Gasteiger partial charge in [0.05, 0.1) is 5.41 Å². The molecule has 1 atom stereocenters. The second-order valence-electron chi connectivity index (χ2n) is 5.73. The second-order valence-corrected chi connectivity index (χ2v) is 5.73. The van der Waals surface area contributed by atoms with Gasteiger partial charge >= 0.3 is 6.18 Å². The number of carbonyl (C=O) groups excluding carboxylic acids is 1. The highest BCUT2D eigenvalue weighted by Gasteiger charge is 2.41. The molecule has 0 bridgehead atoms. The number of hydrogen-bond acceptors (Lipinski definition) is 3. The quantitative estimate of drug-likeness (QED) is 0.733. The van der Waals surface area contributed by atoms with E-state index in [2.05, 4.69) is 5.32 Å². The van der Waals surface area contributed by atoms with Crippen LogP contribution < -0.4 is 5.32 Å². The number of ether oxygens (including phenoxy) is 1. The summed E-state index contributed by atoms with van der Waals surface area (Å²) in [4.78, 5) is 13.4. The van der Waals surface area contributed by atoms with Crippen LogP contribution in [-0.4, -0.2) is 56.4 Å². The number of halogens is 3. The molecule has 0 aromatic heterocycles. The highest BCUT2D eigenvalue weighted by atomic mass is 19.4. The molecule has 0 saturated carbocycles. The first-order valence-electron chi connectivity index (χ1n) is 7.43. The van der Waals surface area contributed by atoms with E-state index in [0.29, 0.717) is 32.6 Å². The van der Waals surface area contributed by atoms with Crippen LogP contribution in [0.2, 0.25) is 0 Å². The molecule has 124 valence electrons. The van der Waals surface area contributed by atoms with Crippen molar-refractivity contribution in [2.45, 2.75) is 39.3 Å². The minimum atomic E-state index is -4.38. The molecule has 1 rings (SSSR count). The van der Waals surface area contributed by atoms with E-state index in [1.807, 2.05) is 6.92 Å². The molecular formula is C14H25F3N2O2. The largest absolute Gasteiger partial charge is 0.406 e. The van der Waals surface area contributed by atoms with E-state index in [0.717, 1.165) is 17.9 Å². The molecule has 7 heteroatoms. The van der Waals surface area contributed by atoms with Gasteiger partial charge in [-0.05, 0) is 39.7 Å². The van der Waals surface area contributed by atoms with Gasteiger partial charge in [-0.1, -0.05) is 0 Å². The molecule has 1 saturated heterocycles. The predicted molar refractivity (Wildman–Crippen MR) is 74.0 cm³/mol. The highest BCUT2D eigenvalue weighted by Crippen LogP contribution is 2.29. The summed E-state index contributed by atoms with van der Waals surface area (Å²) in [7, 11) is 0. The minimum absolute atomic E-state index is 0.0773. The Morgan fingerprint density at radius 1 is 1.43 bits per heavy atom.